The number of rotatable bonds is 6. The Morgan fingerprint density at radius 3 is 1.52 bits per heavy atom. The summed E-state index contributed by atoms with van der Waals surface area (Å²) in [5.74, 6) is 0. The van der Waals surface area contributed by atoms with Gasteiger partial charge in [0.05, 0.1) is 11.1 Å². The van der Waals surface area contributed by atoms with Crippen molar-refractivity contribution >= 4 is 38.6 Å². The molecular formula is C51H35N. The average Bonchev–Trinajstić information content (AvgIpc) is 3.52. The van der Waals surface area contributed by atoms with Crippen LogP contribution < -0.4 is 4.90 Å². The van der Waals surface area contributed by atoms with E-state index in [1.165, 1.54) is 66.1 Å². The first-order valence-corrected chi connectivity index (χ1v) is 18.0. The van der Waals surface area contributed by atoms with E-state index >= 15 is 0 Å². The standard InChI is InChI=1S/C51H35N/c1-5-17-36(18-6-1)37-29-31-45-46-32-30-42(35-49(46)51(48(45)33-37,39-20-7-2-8-21-39)40-22-9-3-10-23-40)52(41-24-11-4-12-25-41)50-34-38-19-13-14-26-43(38)44-27-15-16-28-47(44)50/h1-35H. The zero-order chi connectivity index (χ0) is 34.5. The number of nitrogens with zero attached hydrogens (tertiary/aromatic N) is 1. The van der Waals surface area contributed by atoms with Crippen LogP contribution in [0.1, 0.15) is 22.3 Å². The van der Waals surface area contributed by atoms with Gasteiger partial charge in [-0.2, -0.15) is 0 Å². The van der Waals surface area contributed by atoms with Gasteiger partial charge in [-0.3, -0.25) is 0 Å². The second-order valence-electron chi connectivity index (χ2n) is 13.7. The maximum absolute atomic E-state index is 2.47. The Balaban J connectivity index is 1.29. The highest BCUT2D eigenvalue weighted by atomic mass is 15.1. The van der Waals surface area contributed by atoms with Crippen molar-refractivity contribution in [1.82, 2.24) is 0 Å². The van der Waals surface area contributed by atoms with E-state index < -0.39 is 5.41 Å². The molecule has 1 nitrogen and oxygen atoms in total. The second kappa shape index (κ2) is 12.3. The van der Waals surface area contributed by atoms with Gasteiger partial charge in [0.25, 0.3) is 0 Å². The van der Waals surface area contributed by atoms with E-state index in [2.05, 4.69) is 217 Å². The van der Waals surface area contributed by atoms with Crippen LogP contribution in [-0.4, -0.2) is 0 Å². The van der Waals surface area contributed by atoms with Gasteiger partial charge in [-0.25, -0.2) is 0 Å². The van der Waals surface area contributed by atoms with Crippen LogP contribution in [0.4, 0.5) is 17.1 Å². The number of fused-ring (bicyclic) bond motifs is 6. The van der Waals surface area contributed by atoms with Crippen molar-refractivity contribution in [3.63, 3.8) is 0 Å². The molecule has 1 heteroatoms. The van der Waals surface area contributed by atoms with Crippen molar-refractivity contribution in [3.05, 3.63) is 235 Å². The fraction of sp³-hybridized carbons (Fsp3) is 0.0196. The molecule has 0 unspecified atom stereocenters. The summed E-state index contributed by atoms with van der Waals surface area (Å²) in [5.41, 5.74) is 12.9. The Bertz CT molecular complexity index is 2680. The van der Waals surface area contributed by atoms with Crippen LogP contribution in [0.5, 0.6) is 0 Å². The lowest BCUT2D eigenvalue weighted by atomic mass is 9.67. The van der Waals surface area contributed by atoms with Crippen molar-refractivity contribution in [3.8, 4) is 22.3 Å². The molecule has 244 valence electrons. The molecule has 0 radical (unpaired) electrons. The molecule has 0 spiro atoms. The van der Waals surface area contributed by atoms with Gasteiger partial charge in [0, 0.05) is 16.8 Å². The van der Waals surface area contributed by atoms with E-state index in [-0.39, 0.29) is 0 Å². The molecule has 1 aliphatic rings. The highest BCUT2D eigenvalue weighted by Crippen LogP contribution is 2.58. The molecule has 0 heterocycles. The molecule has 0 bridgehead atoms. The van der Waals surface area contributed by atoms with Gasteiger partial charge in [-0.15, -0.1) is 0 Å². The summed E-state index contributed by atoms with van der Waals surface area (Å²) in [7, 11) is 0. The van der Waals surface area contributed by atoms with Crippen molar-refractivity contribution in [2.45, 2.75) is 5.41 Å². The summed E-state index contributed by atoms with van der Waals surface area (Å²) in [6.07, 6.45) is 0. The molecule has 0 N–H and O–H groups in total. The SMILES string of the molecule is c1ccc(-c2ccc3c(c2)C(c2ccccc2)(c2ccccc2)c2cc(N(c4ccccc4)c4cc5ccccc5c5ccccc45)ccc2-3)cc1. The fourth-order valence-corrected chi connectivity index (χ4v) is 8.65. The second-order valence-corrected chi connectivity index (χ2v) is 13.7. The van der Waals surface area contributed by atoms with Crippen LogP contribution in [0.2, 0.25) is 0 Å². The van der Waals surface area contributed by atoms with Gasteiger partial charge in [0.1, 0.15) is 0 Å². The van der Waals surface area contributed by atoms with Gasteiger partial charge in [-0.05, 0) is 97.1 Å². The highest BCUT2D eigenvalue weighted by Gasteiger charge is 2.46. The molecular weight excluding hydrogens is 627 g/mol. The lowest BCUT2D eigenvalue weighted by Crippen LogP contribution is -2.28. The minimum atomic E-state index is -0.540. The normalized spacial score (nSPS) is 12.8. The Kier molecular flexibility index (Phi) is 7.11. The third-order valence-corrected chi connectivity index (χ3v) is 10.9. The molecule has 10 rings (SSSR count). The van der Waals surface area contributed by atoms with Crippen LogP contribution in [0.15, 0.2) is 212 Å². The van der Waals surface area contributed by atoms with Crippen molar-refractivity contribution in [2.75, 3.05) is 4.90 Å². The number of hydrogen-bond donors (Lipinski definition) is 0. The van der Waals surface area contributed by atoms with Crippen molar-refractivity contribution in [1.29, 1.82) is 0 Å². The Morgan fingerprint density at radius 2 is 0.846 bits per heavy atom. The maximum atomic E-state index is 2.47. The molecule has 0 aromatic heterocycles. The van der Waals surface area contributed by atoms with Crippen LogP contribution >= 0.6 is 0 Å². The minimum Gasteiger partial charge on any atom is -0.310 e. The molecule has 0 amide bonds. The van der Waals surface area contributed by atoms with E-state index in [1.807, 2.05) is 0 Å². The molecule has 1 aliphatic carbocycles. The highest BCUT2D eigenvalue weighted by molar-refractivity contribution is 6.14. The topological polar surface area (TPSA) is 3.24 Å². The largest absolute Gasteiger partial charge is 0.310 e. The van der Waals surface area contributed by atoms with Gasteiger partial charge in [-0.1, -0.05) is 176 Å². The molecule has 0 saturated carbocycles. The minimum absolute atomic E-state index is 0.540. The predicted octanol–water partition coefficient (Wildman–Crippen LogP) is 13.5. The number of benzene rings is 9. The average molecular weight is 662 g/mol. The zero-order valence-electron chi connectivity index (χ0n) is 28.7. The van der Waals surface area contributed by atoms with E-state index in [4.69, 9.17) is 0 Å². The van der Waals surface area contributed by atoms with E-state index in [0.29, 0.717) is 0 Å². The Labute approximate surface area is 304 Å². The quantitative estimate of drug-likeness (QED) is 0.160. The number of anilines is 3. The predicted molar refractivity (Wildman–Crippen MR) is 219 cm³/mol. The lowest BCUT2D eigenvalue weighted by molar-refractivity contribution is 0.768. The number of para-hydroxylation sites is 1. The smallest absolute Gasteiger partial charge is 0.0714 e. The first kappa shape index (κ1) is 30.2. The summed E-state index contributed by atoms with van der Waals surface area (Å²) >= 11 is 0. The third-order valence-electron chi connectivity index (χ3n) is 10.9. The van der Waals surface area contributed by atoms with Crippen molar-refractivity contribution in [2.24, 2.45) is 0 Å². The molecule has 9 aromatic carbocycles. The lowest BCUT2D eigenvalue weighted by Gasteiger charge is -2.35. The summed E-state index contributed by atoms with van der Waals surface area (Å²) < 4.78 is 0. The summed E-state index contributed by atoms with van der Waals surface area (Å²) in [6.45, 7) is 0. The van der Waals surface area contributed by atoms with Crippen LogP contribution in [0.3, 0.4) is 0 Å². The van der Waals surface area contributed by atoms with Crippen molar-refractivity contribution < 1.29 is 0 Å². The molecule has 52 heavy (non-hydrogen) atoms. The molecule has 0 fully saturated rings. The maximum Gasteiger partial charge on any atom is 0.0714 e. The van der Waals surface area contributed by atoms with Crippen LogP contribution in [-0.2, 0) is 5.41 Å². The van der Waals surface area contributed by atoms with Gasteiger partial charge >= 0.3 is 0 Å². The van der Waals surface area contributed by atoms with Gasteiger partial charge in [0.15, 0.2) is 0 Å². The molecule has 0 saturated heterocycles. The Morgan fingerprint density at radius 1 is 0.327 bits per heavy atom. The zero-order valence-corrected chi connectivity index (χ0v) is 28.7. The van der Waals surface area contributed by atoms with E-state index in [0.717, 1.165) is 17.1 Å². The molecule has 0 aliphatic heterocycles. The van der Waals surface area contributed by atoms with E-state index in [9.17, 15) is 0 Å². The van der Waals surface area contributed by atoms with Gasteiger partial charge in [0.2, 0.25) is 0 Å². The Hall–Kier alpha value is -6.70. The van der Waals surface area contributed by atoms with Gasteiger partial charge < -0.3 is 4.90 Å². The third kappa shape index (κ3) is 4.63. The number of hydrogen-bond acceptors (Lipinski definition) is 1. The summed E-state index contributed by atoms with van der Waals surface area (Å²) in [5, 5.41) is 4.96. The summed E-state index contributed by atoms with van der Waals surface area (Å²) in [6, 6.07) is 77.9. The van der Waals surface area contributed by atoms with E-state index in [1.54, 1.807) is 0 Å². The molecule has 0 atom stereocenters. The van der Waals surface area contributed by atoms with Crippen LogP contribution in [0.25, 0.3) is 43.8 Å². The molecule has 9 aromatic rings. The first-order chi connectivity index (χ1) is 25.8. The first-order valence-electron chi connectivity index (χ1n) is 18.0. The fourth-order valence-electron chi connectivity index (χ4n) is 8.65. The van der Waals surface area contributed by atoms with Crippen LogP contribution in [0, 0.1) is 0 Å². The summed E-state index contributed by atoms with van der Waals surface area (Å²) in [4.78, 5) is 2.45. The monoisotopic (exact) mass is 661 g/mol.